The van der Waals surface area contributed by atoms with E-state index in [-0.39, 0.29) is 6.03 Å². The second-order valence-corrected chi connectivity index (χ2v) is 7.50. The van der Waals surface area contributed by atoms with Crippen LogP contribution in [0.1, 0.15) is 6.92 Å². The highest BCUT2D eigenvalue weighted by atomic mass is 35.5. The molecule has 0 fully saturated rings. The SMILES string of the molecule is C[C@@H]1CN=C(N(C(=O)Nc2ccccc2)c2ccc(Cl)c(Cl)c2)S1. The number of carbonyl (C=O) groups is 1. The Labute approximate surface area is 154 Å². The zero-order valence-corrected chi connectivity index (χ0v) is 15.2. The summed E-state index contributed by atoms with van der Waals surface area (Å²) < 4.78 is 0. The predicted molar refractivity (Wildman–Crippen MR) is 104 cm³/mol. The van der Waals surface area contributed by atoms with Crippen molar-refractivity contribution in [3.63, 3.8) is 0 Å². The maximum Gasteiger partial charge on any atom is 0.332 e. The number of aliphatic imine (C=N–C) groups is 1. The van der Waals surface area contributed by atoms with Gasteiger partial charge in [-0.2, -0.15) is 0 Å². The molecule has 0 aromatic heterocycles. The van der Waals surface area contributed by atoms with Gasteiger partial charge in [0.2, 0.25) is 0 Å². The fraction of sp³-hybridized carbons (Fsp3) is 0.176. The molecule has 1 heterocycles. The van der Waals surface area contributed by atoms with Gasteiger partial charge in [0.05, 0.1) is 22.3 Å². The number of benzene rings is 2. The molecule has 1 aliphatic rings. The number of urea groups is 1. The monoisotopic (exact) mass is 379 g/mol. The molecule has 4 nitrogen and oxygen atoms in total. The van der Waals surface area contributed by atoms with Crippen LogP contribution in [0.5, 0.6) is 0 Å². The minimum atomic E-state index is -0.292. The third kappa shape index (κ3) is 3.86. The van der Waals surface area contributed by atoms with Crippen LogP contribution in [0.25, 0.3) is 0 Å². The van der Waals surface area contributed by atoms with Gasteiger partial charge in [-0.3, -0.25) is 4.99 Å². The summed E-state index contributed by atoms with van der Waals surface area (Å²) >= 11 is 13.7. The van der Waals surface area contributed by atoms with E-state index in [1.54, 1.807) is 30.0 Å². The summed E-state index contributed by atoms with van der Waals surface area (Å²) in [5, 5.41) is 4.69. The molecule has 0 aliphatic carbocycles. The second-order valence-electron chi connectivity index (χ2n) is 5.28. The average molecular weight is 380 g/mol. The Bertz CT molecular complexity index is 783. The molecule has 2 amide bonds. The first-order valence-electron chi connectivity index (χ1n) is 7.37. The summed E-state index contributed by atoms with van der Waals surface area (Å²) in [6, 6.07) is 14.1. The highest BCUT2D eigenvalue weighted by molar-refractivity contribution is 8.15. The van der Waals surface area contributed by atoms with Crippen LogP contribution in [0.15, 0.2) is 53.5 Å². The summed E-state index contributed by atoms with van der Waals surface area (Å²) in [6.45, 7) is 2.75. The van der Waals surface area contributed by atoms with Crippen molar-refractivity contribution < 1.29 is 4.79 Å². The van der Waals surface area contributed by atoms with Gasteiger partial charge in [0.1, 0.15) is 0 Å². The summed E-state index contributed by atoms with van der Waals surface area (Å²) in [4.78, 5) is 18.9. The Hall–Kier alpha value is -1.69. The summed E-state index contributed by atoms with van der Waals surface area (Å²) in [6.07, 6.45) is 0. The highest BCUT2D eigenvalue weighted by Crippen LogP contribution is 2.32. The number of anilines is 2. The first-order chi connectivity index (χ1) is 11.5. The van der Waals surface area contributed by atoms with E-state index < -0.39 is 0 Å². The third-order valence-electron chi connectivity index (χ3n) is 3.37. The maximum atomic E-state index is 12.8. The van der Waals surface area contributed by atoms with Gasteiger partial charge >= 0.3 is 6.03 Å². The molecule has 24 heavy (non-hydrogen) atoms. The molecule has 1 N–H and O–H groups in total. The largest absolute Gasteiger partial charge is 0.332 e. The standard InChI is InChI=1S/C17H15Cl2N3OS/c1-11-10-20-17(24-11)22(13-7-8-14(18)15(19)9-13)16(23)21-12-5-3-2-4-6-12/h2-9,11H,10H2,1H3,(H,21,23)/t11-/m1/s1. The van der Waals surface area contributed by atoms with Gasteiger partial charge in [0, 0.05) is 10.9 Å². The van der Waals surface area contributed by atoms with Crippen LogP contribution < -0.4 is 10.2 Å². The van der Waals surface area contributed by atoms with Gasteiger partial charge in [0.15, 0.2) is 5.17 Å². The van der Waals surface area contributed by atoms with Gasteiger partial charge in [-0.1, -0.05) is 60.1 Å². The topological polar surface area (TPSA) is 44.7 Å². The van der Waals surface area contributed by atoms with Crippen molar-refractivity contribution >= 4 is 57.5 Å². The maximum absolute atomic E-state index is 12.8. The molecule has 0 saturated carbocycles. The van der Waals surface area contributed by atoms with Crippen LogP contribution in [-0.2, 0) is 0 Å². The number of carbonyl (C=O) groups excluding carboxylic acids is 1. The zero-order valence-electron chi connectivity index (χ0n) is 12.9. The van der Waals surface area contributed by atoms with Crippen molar-refractivity contribution in [2.24, 2.45) is 4.99 Å². The van der Waals surface area contributed by atoms with E-state index >= 15 is 0 Å². The molecule has 1 atom stereocenters. The predicted octanol–water partition coefficient (Wildman–Crippen LogP) is 5.52. The second kappa shape index (κ2) is 7.47. The normalized spacial score (nSPS) is 16.6. The van der Waals surface area contributed by atoms with Crippen LogP contribution in [0.3, 0.4) is 0 Å². The lowest BCUT2D eigenvalue weighted by molar-refractivity contribution is 0.259. The number of rotatable bonds is 2. The lowest BCUT2D eigenvalue weighted by atomic mass is 10.3. The Morgan fingerprint density at radius 3 is 2.58 bits per heavy atom. The number of amides is 2. The molecular weight excluding hydrogens is 365 g/mol. The van der Waals surface area contributed by atoms with E-state index in [0.29, 0.717) is 38.4 Å². The Balaban J connectivity index is 1.92. The quantitative estimate of drug-likeness (QED) is 0.745. The Morgan fingerprint density at radius 2 is 1.96 bits per heavy atom. The van der Waals surface area contributed by atoms with E-state index in [0.717, 1.165) is 0 Å². The number of hydrogen-bond donors (Lipinski definition) is 1. The Kier molecular flexibility index (Phi) is 5.33. The fourth-order valence-electron chi connectivity index (χ4n) is 2.22. The van der Waals surface area contributed by atoms with Crippen molar-refractivity contribution in [3.8, 4) is 0 Å². The van der Waals surface area contributed by atoms with Crippen molar-refractivity contribution in [2.45, 2.75) is 12.2 Å². The van der Waals surface area contributed by atoms with Gasteiger partial charge in [-0.25, -0.2) is 9.69 Å². The Morgan fingerprint density at radius 1 is 1.21 bits per heavy atom. The molecule has 2 aromatic rings. The van der Waals surface area contributed by atoms with Gasteiger partial charge < -0.3 is 5.32 Å². The number of nitrogens with one attached hydrogen (secondary N) is 1. The minimum absolute atomic E-state index is 0.292. The van der Waals surface area contributed by atoms with E-state index in [4.69, 9.17) is 23.2 Å². The summed E-state index contributed by atoms with van der Waals surface area (Å²) in [5.41, 5.74) is 1.34. The number of amidine groups is 1. The lowest BCUT2D eigenvalue weighted by Crippen LogP contribution is -2.38. The molecule has 3 rings (SSSR count). The molecule has 2 aromatic carbocycles. The first-order valence-corrected chi connectivity index (χ1v) is 9.00. The molecule has 0 saturated heterocycles. The van der Waals surface area contributed by atoms with Gasteiger partial charge in [-0.15, -0.1) is 0 Å². The first kappa shape index (κ1) is 17.1. The lowest BCUT2D eigenvalue weighted by Gasteiger charge is -2.23. The van der Waals surface area contributed by atoms with Crippen LogP contribution in [-0.4, -0.2) is 23.0 Å². The zero-order chi connectivity index (χ0) is 17.1. The van der Waals surface area contributed by atoms with Crippen LogP contribution in [0.2, 0.25) is 10.0 Å². The van der Waals surface area contributed by atoms with Crippen LogP contribution >= 0.6 is 35.0 Å². The van der Waals surface area contributed by atoms with E-state index in [9.17, 15) is 4.79 Å². The van der Waals surface area contributed by atoms with Crippen molar-refractivity contribution in [1.29, 1.82) is 0 Å². The molecule has 0 unspecified atom stereocenters. The molecule has 1 aliphatic heterocycles. The summed E-state index contributed by atoms with van der Waals surface area (Å²) in [7, 11) is 0. The molecule has 0 spiro atoms. The van der Waals surface area contributed by atoms with Crippen LogP contribution in [0, 0.1) is 0 Å². The fourth-order valence-corrected chi connectivity index (χ4v) is 3.47. The third-order valence-corrected chi connectivity index (χ3v) is 5.18. The van der Waals surface area contributed by atoms with Crippen molar-refractivity contribution in [1.82, 2.24) is 0 Å². The van der Waals surface area contributed by atoms with E-state index in [2.05, 4.69) is 17.2 Å². The molecular formula is C17H15Cl2N3OS. The number of nitrogens with zero attached hydrogens (tertiary/aromatic N) is 2. The van der Waals surface area contributed by atoms with Crippen molar-refractivity contribution in [3.05, 3.63) is 58.6 Å². The number of hydrogen-bond acceptors (Lipinski definition) is 3. The number of halogens is 2. The van der Waals surface area contributed by atoms with Crippen molar-refractivity contribution in [2.75, 3.05) is 16.8 Å². The molecule has 0 radical (unpaired) electrons. The molecule has 0 bridgehead atoms. The van der Waals surface area contributed by atoms with E-state index in [1.807, 2.05) is 30.3 Å². The number of para-hydroxylation sites is 1. The number of thioether (sulfide) groups is 1. The van der Waals surface area contributed by atoms with Crippen LogP contribution in [0.4, 0.5) is 16.2 Å². The molecule has 7 heteroatoms. The minimum Gasteiger partial charge on any atom is -0.307 e. The highest BCUT2D eigenvalue weighted by Gasteiger charge is 2.27. The summed E-state index contributed by atoms with van der Waals surface area (Å²) in [5.74, 6) is 0. The molecule has 124 valence electrons. The van der Waals surface area contributed by atoms with E-state index in [1.165, 1.54) is 4.90 Å². The smallest absolute Gasteiger partial charge is 0.307 e. The van der Waals surface area contributed by atoms with Gasteiger partial charge in [0.25, 0.3) is 0 Å². The van der Waals surface area contributed by atoms with Gasteiger partial charge in [-0.05, 0) is 30.3 Å². The average Bonchev–Trinajstić information content (AvgIpc) is 2.98.